The maximum absolute atomic E-state index is 14.8. The van der Waals surface area contributed by atoms with Crippen molar-refractivity contribution in [2.75, 3.05) is 0 Å². The molecule has 0 aromatic heterocycles. The number of hydrogen-bond donors (Lipinski definition) is 0. The SMILES string of the molecule is CCCCC[C@H]1CC[C@H](C2CCC(c3ccc(C(F)(F)Oc4cc(F)c(F)c(F)c4)c(F)c3)CC2)CC1. The van der Waals surface area contributed by atoms with Gasteiger partial charge in [0.2, 0.25) is 0 Å². The van der Waals surface area contributed by atoms with Gasteiger partial charge in [-0.25, -0.2) is 17.6 Å². The van der Waals surface area contributed by atoms with Crippen molar-refractivity contribution < 1.29 is 31.1 Å². The van der Waals surface area contributed by atoms with Gasteiger partial charge >= 0.3 is 6.11 Å². The molecule has 1 nitrogen and oxygen atoms in total. The number of benzene rings is 2. The second-order valence-electron chi connectivity index (χ2n) is 10.9. The summed E-state index contributed by atoms with van der Waals surface area (Å²) in [7, 11) is 0. The molecule has 0 unspecified atom stereocenters. The zero-order chi connectivity index (χ0) is 26.6. The molecule has 0 radical (unpaired) electrons. The van der Waals surface area contributed by atoms with Crippen LogP contribution in [0.3, 0.4) is 0 Å². The lowest BCUT2D eigenvalue weighted by Gasteiger charge is -2.38. The molecule has 2 aliphatic carbocycles. The van der Waals surface area contributed by atoms with Crippen molar-refractivity contribution in [3.05, 3.63) is 64.7 Å². The fraction of sp³-hybridized carbons (Fsp3) is 0.600. The van der Waals surface area contributed by atoms with Gasteiger partial charge < -0.3 is 4.74 Å². The normalized spacial score (nSPS) is 24.7. The third kappa shape index (κ3) is 6.83. The van der Waals surface area contributed by atoms with E-state index in [4.69, 9.17) is 0 Å². The first-order valence-corrected chi connectivity index (χ1v) is 13.7. The number of unbranched alkanes of at least 4 members (excludes halogenated alkanes) is 2. The molecule has 2 fully saturated rings. The lowest BCUT2D eigenvalue weighted by atomic mass is 9.68. The van der Waals surface area contributed by atoms with Crippen molar-refractivity contribution in [1.29, 1.82) is 0 Å². The Labute approximate surface area is 215 Å². The summed E-state index contributed by atoms with van der Waals surface area (Å²) in [5, 5.41) is 0. The van der Waals surface area contributed by atoms with Gasteiger partial charge in [-0.2, -0.15) is 8.78 Å². The lowest BCUT2D eigenvalue weighted by Crippen LogP contribution is -2.26. The fourth-order valence-electron chi connectivity index (χ4n) is 6.37. The molecular formula is C30H36F6O. The second kappa shape index (κ2) is 12.1. The summed E-state index contributed by atoms with van der Waals surface area (Å²) >= 11 is 0. The van der Waals surface area contributed by atoms with Crippen molar-refractivity contribution >= 4 is 0 Å². The summed E-state index contributed by atoms with van der Waals surface area (Å²) < 4.78 is 88.2. The van der Waals surface area contributed by atoms with Gasteiger partial charge in [-0.05, 0) is 79.9 Å². The van der Waals surface area contributed by atoms with Crippen LogP contribution < -0.4 is 4.74 Å². The fourth-order valence-corrected chi connectivity index (χ4v) is 6.37. The minimum Gasteiger partial charge on any atom is -0.429 e. The molecule has 0 spiro atoms. The van der Waals surface area contributed by atoms with E-state index in [-0.39, 0.29) is 5.92 Å². The third-order valence-corrected chi connectivity index (χ3v) is 8.53. The van der Waals surface area contributed by atoms with E-state index >= 15 is 0 Å². The molecule has 2 aromatic carbocycles. The van der Waals surface area contributed by atoms with E-state index in [1.54, 1.807) is 0 Å². The van der Waals surface area contributed by atoms with E-state index in [0.717, 1.165) is 49.7 Å². The van der Waals surface area contributed by atoms with Crippen LogP contribution in [0, 0.1) is 41.0 Å². The zero-order valence-electron chi connectivity index (χ0n) is 21.4. The summed E-state index contributed by atoms with van der Waals surface area (Å²) in [6.07, 6.45) is 10.3. The Morgan fingerprint density at radius 1 is 0.757 bits per heavy atom. The van der Waals surface area contributed by atoms with Crippen LogP contribution in [-0.2, 0) is 6.11 Å². The first-order chi connectivity index (χ1) is 17.7. The lowest BCUT2D eigenvalue weighted by molar-refractivity contribution is -0.187. The van der Waals surface area contributed by atoms with Crippen molar-refractivity contribution in [3.8, 4) is 5.75 Å². The van der Waals surface area contributed by atoms with Crippen LogP contribution in [0.5, 0.6) is 5.75 Å². The largest absolute Gasteiger partial charge is 0.429 e. The van der Waals surface area contributed by atoms with Crippen molar-refractivity contribution in [1.82, 2.24) is 0 Å². The highest BCUT2D eigenvalue weighted by Crippen LogP contribution is 2.45. The highest BCUT2D eigenvalue weighted by Gasteiger charge is 2.39. The summed E-state index contributed by atoms with van der Waals surface area (Å²) in [4.78, 5) is 0. The summed E-state index contributed by atoms with van der Waals surface area (Å²) in [6, 6.07) is 4.16. The average molecular weight is 527 g/mol. The van der Waals surface area contributed by atoms with Gasteiger partial charge in [0.05, 0.1) is 5.56 Å². The van der Waals surface area contributed by atoms with Crippen LogP contribution in [0.2, 0.25) is 0 Å². The molecular weight excluding hydrogens is 490 g/mol. The zero-order valence-corrected chi connectivity index (χ0v) is 21.4. The number of alkyl halides is 2. The van der Waals surface area contributed by atoms with E-state index in [1.165, 1.54) is 57.4 Å². The summed E-state index contributed by atoms with van der Waals surface area (Å²) in [6.45, 7) is 2.24. The van der Waals surface area contributed by atoms with Crippen LogP contribution in [0.25, 0.3) is 0 Å². The number of halogens is 6. The van der Waals surface area contributed by atoms with E-state index < -0.39 is 40.7 Å². The molecule has 0 atom stereocenters. The maximum Gasteiger partial charge on any atom is 0.429 e. The molecule has 0 bridgehead atoms. The van der Waals surface area contributed by atoms with Crippen LogP contribution in [0.15, 0.2) is 30.3 Å². The number of ether oxygens (including phenoxy) is 1. The molecule has 2 aromatic rings. The molecule has 0 heterocycles. The molecule has 2 aliphatic rings. The smallest absolute Gasteiger partial charge is 0.429 e. The predicted molar refractivity (Wildman–Crippen MR) is 132 cm³/mol. The van der Waals surface area contributed by atoms with Gasteiger partial charge in [-0.1, -0.05) is 51.5 Å². The topological polar surface area (TPSA) is 9.23 Å². The monoisotopic (exact) mass is 526 g/mol. The minimum atomic E-state index is -4.19. The highest BCUT2D eigenvalue weighted by molar-refractivity contribution is 5.31. The highest BCUT2D eigenvalue weighted by atomic mass is 19.3. The van der Waals surface area contributed by atoms with Gasteiger partial charge in [0, 0.05) is 12.1 Å². The first-order valence-electron chi connectivity index (χ1n) is 13.7. The third-order valence-electron chi connectivity index (χ3n) is 8.53. The average Bonchev–Trinajstić information content (AvgIpc) is 2.87. The Hall–Kier alpha value is -2.18. The number of hydrogen-bond acceptors (Lipinski definition) is 1. The van der Waals surface area contributed by atoms with Crippen molar-refractivity contribution in [3.63, 3.8) is 0 Å². The van der Waals surface area contributed by atoms with Crippen molar-refractivity contribution in [2.45, 2.75) is 96.0 Å². The quantitative estimate of drug-likeness (QED) is 0.179. The Morgan fingerprint density at radius 2 is 1.35 bits per heavy atom. The standard InChI is InChI=1S/C30H36F6O/c1-2-3-4-5-19-6-8-20(9-7-19)21-10-12-22(13-11-21)23-14-15-25(26(31)16-23)30(35,36)37-24-17-27(32)29(34)28(33)18-24/h14-22H,2-13H2,1H3/t19-,20-,21?,22?. The van der Waals surface area contributed by atoms with Crippen LogP contribution in [0.4, 0.5) is 26.3 Å². The maximum atomic E-state index is 14.8. The Bertz CT molecular complexity index is 1020. The van der Waals surface area contributed by atoms with E-state index in [0.29, 0.717) is 23.6 Å². The number of rotatable bonds is 9. The van der Waals surface area contributed by atoms with Gasteiger partial charge in [0.1, 0.15) is 11.6 Å². The van der Waals surface area contributed by atoms with Gasteiger partial charge in [-0.3, -0.25) is 0 Å². The Kier molecular flexibility index (Phi) is 9.12. The predicted octanol–water partition coefficient (Wildman–Crippen LogP) is 10.0. The summed E-state index contributed by atoms with van der Waals surface area (Å²) in [5.74, 6) is -4.77. The van der Waals surface area contributed by atoms with Crippen LogP contribution in [-0.4, -0.2) is 0 Å². The molecule has 204 valence electrons. The molecule has 0 saturated heterocycles. The van der Waals surface area contributed by atoms with Crippen molar-refractivity contribution in [2.24, 2.45) is 17.8 Å². The summed E-state index contributed by atoms with van der Waals surface area (Å²) in [5.41, 5.74) is -0.361. The molecule has 0 amide bonds. The first kappa shape index (κ1) is 27.8. The molecule has 2 saturated carbocycles. The van der Waals surface area contributed by atoms with E-state index in [2.05, 4.69) is 11.7 Å². The molecule has 4 rings (SSSR count). The Balaban J connectivity index is 1.32. The van der Waals surface area contributed by atoms with Gasteiger partial charge in [0.15, 0.2) is 17.5 Å². The van der Waals surface area contributed by atoms with E-state index in [1.807, 2.05) is 0 Å². The van der Waals surface area contributed by atoms with Crippen LogP contribution >= 0.6 is 0 Å². The molecule has 0 aliphatic heterocycles. The minimum absolute atomic E-state index is 0.111. The van der Waals surface area contributed by atoms with Gasteiger partial charge in [0.25, 0.3) is 0 Å². The molecule has 0 N–H and O–H groups in total. The van der Waals surface area contributed by atoms with E-state index in [9.17, 15) is 26.3 Å². The molecule has 37 heavy (non-hydrogen) atoms. The molecule has 7 heteroatoms. The Morgan fingerprint density at radius 3 is 1.92 bits per heavy atom. The van der Waals surface area contributed by atoms with Gasteiger partial charge in [-0.15, -0.1) is 0 Å². The van der Waals surface area contributed by atoms with Crippen LogP contribution in [0.1, 0.15) is 101 Å². The second-order valence-corrected chi connectivity index (χ2v) is 10.9.